The van der Waals surface area contributed by atoms with Gasteiger partial charge in [-0.3, -0.25) is 0 Å². The molecule has 0 amide bonds. The Morgan fingerprint density at radius 3 is 3.07 bits per heavy atom. The van der Waals surface area contributed by atoms with Crippen molar-refractivity contribution in [1.82, 2.24) is 9.97 Å². The molecule has 0 bridgehead atoms. The van der Waals surface area contributed by atoms with Gasteiger partial charge in [-0.25, -0.2) is 9.97 Å². The number of aromatic nitrogens is 2. The molecule has 0 saturated carbocycles. The van der Waals surface area contributed by atoms with Crippen LogP contribution < -0.4 is 5.32 Å². The summed E-state index contributed by atoms with van der Waals surface area (Å²) in [5.74, 6) is 3.06. The van der Waals surface area contributed by atoms with Crippen LogP contribution in [0.3, 0.4) is 0 Å². The number of nitrogens with zero attached hydrogens (tertiary/aromatic N) is 2. The molecule has 0 aromatic carbocycles. The van der Waals surface area contributed by atoms with Crippen LogP contribution in [0.2, 0.25) is 0 Å². The number of nitrogens with one attached hydrogen (secondary N) is 1. The van der Waals surface area contributed by atoms with E-state index in [-0.39, 0.29) is 5.41 Å². The van der Waals surface area contributed by atoms with Gasteiger partial charge in [-0.2, -0.15) is 0 Å². The van der Waals surface area contributed by atoms with Crippen LogP contribution in [-0.2, 0) is 4.74 Å². The number of hydrogen-bond acceptors (Lipinski definition) is 4. The second-order valence-electron chi connectivity index (χ2n) is 4.07. The molecule has 1 aliphatic rings. The summed E-state index contributed by atoms with van der Waals surface area (Å²) < 4.78 is 5.16. The van der Waals surface area contributed by atoms with Crippen LogP contribution in [0.25, 0.3) is 0 Å². The Bertz CT molecular complexity index is 393. The van der Waals surface area contributed by atoms with Gasteiger partial charge in [-0.05, 0) is 6.07 Å². The summed E-state index contributed by atoms with van der Waals surface area (Å²) in [6, 6.07) is 1.71. The average molecular weight is 203 g/mol. The molecule has 0 spiro atoms. The maximum atomic E-state index is 5.25. The first-order chi connectivity index (χ1) is 7.22. The molecule has 15 heavy (non-hydrogen) atoms. The standard InChI is InChI=1S/C11H13N3O/c1-3-9-4-5-12-10(14-9)13-6-11(2)7-15-8-11/h1,4-5H,6-8H2,2H3,(H,12,13,14). The van der Waals surface area contributed by atoms with E-state index in [1.807, 2.05) is 0 Å². The van der Waals surface area contributed by atoms with Crippen LogP contribution in [0.5, 0.6) is 0 Å². The molecule has 2 heterocycles. The zero-order valence-electron chi connectivity index (χ0n) is 8.66. The van der Waals surface area contributed by atoms with Gasteiger partial charge in [-0.1, -0.05) is 12.8 Å². The summed E-state index contributed by atoms with van der Waals surface area (Å²) in [6.45, 7) is 4.54. The smallest absolute Gasteiger partial charge is 0.223 e. The molecule has 4 nitrogen and oxygen atoms in total. The van der Waals surface area contributed by atoms with Gasteiger partial charge in [0.15, 0.2) is 0 Å². The fourth-order valence-electron chi connectivity index (χ4n) is 1.37. The van der Waals surface area contributed by atoms with Crippen molar-refractivity contribution in [2.45, 2.75) is 6.92 Å². The third kappa shape index (κ3) is 2.25. The van der Waals surface area contributed by atoms with Crippen molar-refractivity contribution in [3.05, 3.63) is 18.0 Å². The number of anilines is 1. The minimum absolute atomic E-state index is 0.204. The van der Waals surface area contributed by atoms with Crippen LogP contribution in [-0.4, -0.2) is 29.7 Å². The molecular formula is C11H13N3O. The summed E-state index contributed by atoms with van der Waals surface area (Å²) in [6.07, 6.45) is 6.91. The van der Waals surface area contributed by atoms with E-state index in [2.05, 4.69) is 28.1 Å². The highest BCUT2D eigenvalue weighted by Gasteiger charge is 2.33. The quantitative estimate of drug-likeness (QED) is 0.742. The Balaban J connectivity index is 1.96. The zero-order valence-corrected chi connectivity index (χ0v) is 8.66. The van der Waals surface area contributed by atoms with Crippen molar-refractivity contribution < 1.29 is 4.74 Å². The van der Waals surface area contributed by atoms with E-state index >= 15 is 0 Å². The minimum Gasteiger partial charge on any atom is -0.380 e. The van der Waals surface area contributed by atoms with Crippen LogP contribution in [0, 0.1) is 17.8 Å². The van der Waals surface area contributed by atoms with Gasteiger partial charge in [0.05, 0.1) is 13.2 Å². The topological polar surface area (TPSA) is 47.0 Å². The second-order valence-corrected chi connectivity index (χ2v) is 4.07. The van der Waals surface area contributed by atoms with Gasteiger partial charge < -0.3 is 10.1 Å². The van der Waals surface area contributed by atoms with Crippen molar-refractivity contribution in [3.63, 3.8) is 0 Å². The van der Waals surface area contributed by atoms with Crippen LogP contribution in [0.4, 0.5) is 5.95 Å². The summed E-state index contributed by atoms with van der Waals surface area (Å²) in [4.78, 5) is 8.24. The summed E-state index contributed by atoms with van der Waals surface area (Å²) in [5, 5.41) is 3.16. The molecule has 2 rings (SSSR count). The molecule has 0 radical (unpaired) electrons. The fraction of sp³-hybridized carbons (Fsp3) is 0.455. The van der Waals surface area contributed by atoms with E-state index in [9.17, 15) is 0 Å². The van der Waals surface area contributed by atoms with Crippen molar-refractivity contribution in [2.75, 3.05) is 25.1 Å². The molecule has 4 heteroatoms. The number of ether oxygens (including phenoxy) is 1. The molecule has 1 aliphatic heterocycles. The molecule has 0 atom stereocenters. The van der Waals surface area contributed by atoms with Crippen LogP contribution in [0.15, 0.2) is 12.3 Å². The predicted molar refractivity (Wildman–Crippen MR) is 57.4 cm³/mol. The van der Waals surface area contributed by atoms with Crippen molar-refractivity contribution in [3.8, 4) is 12.3 Å². The van der Waals surface area contributed by atoms with E-state index in [0.29, 0.717) is 11.6 Å². The zero-order chi connectivity index (χ0) is 10.7. The Labute approximate surface area is 89.1 Å². The van der Waals surface area contributed by atoms with E-state index in [0.717, 1.165) is 19.8 Å². The van der Waals surface area contributed by atoms with E-state index in [1.165, 1.54) is 0 Å². The van der Waals surface area contributed by atoms with E-state index < -0.39 is 0 Å². The molecule has 1 saturated heterocycles. The first-order valence-corrected chi connectivity index (χ1v) is 4.83. The Hall–Kier alpha value is -1.60. The van der Waals surface area contributed by atoms with Crippen molar-refractivity contribution >= 4 is 5.95 Å². The third-order valence-electron chi connectivity index (χ3n) is 2.38. The largest absolute Gasteiger partial charge is 0.380 e. The van der Waals surface area contributed by atoms with Gasteiger partial charge in [0.2, 0.25) is 5.95 Å². The van der Waals surface area contributed by atoms with Gasteiger partial charge in [-0.15, -0.1) is 6.42 Å². The highest BCUT2D eigenvalue weighted by molar-refractivity contribution is 5.32. The number of terminal acetylenes is 1. The lowest BCUT2D eigenvalue weighted by atomic mass is 9.89. The van der Waals surface area contributed by atoms with Crippen molar-refractivity contribution in [1.29, 1.82) is 0 Å². The van der Waals surface area contributed by atoms with Crippen molar-refractivity contribution in [2.24, 2.45) is 5.41 Å². The van der Waals surface area contributed by atoms with Gasteiger partial charge >= 0.3 is 0 Å². The van der Waals surface area contributed by atoms with Gasteiger partial charge in [0.25, 0.3) is 0 Å². The maximum absolute atomic E-state index is 5.25. The monoisotopic (exact) mass is 203 g/mol. The highest BCUT2D eigenvalue weighted by atomic mass is 16.5. The molecule has 78 valence electrons. The summed E-state index contributed by atoms with van der Waals surface area (Å²) in [7, 11) is 0. The van der Waals surface area contributed by atoms with Gasteiger partial charge in [0, 0.05) is 18.2 Å². The Morgan fingerprint density at radius 2 is 2.47 bits per heavy atom. The predicted octanol–water partition coefficient (Wildman–Crippen LogP) is 0.906. The van der Waals surface area contributed by atoms with E-state index in [1.54, 1.807) is 12.3 Å². The lowest BCUT2D eigenvalue weighted by Crippen LogP contribution is -2.45. The lowest BCUT2D eigenvalue weighted by Gasteiger charge is -2.37. The summed E-state index contributed by atoms with van der Waals surface area (Å²) >= 11 is 0. The number of hydrogen-bond donors (Lipinski definition) is 1. The molecule has 1 fully saturated rings. The number of rotatable bonds is 3. The van der Waals surface area contributed by atoms with E-state index in [4.69, 9.17) is 11.2 Å². The summed E-state index contributed by atoms with van der Waals surface area (Å²) in [5.41, 5.74) is 0.803. The fourth-order valence-corrected chi connectivity index (χ4v) is 1.37. The third-order valence-corrected chi connectivity index (χ3v) is 2.38. The lowest BCUT2D eigenvalue weighted by molar-refractivity contribution is -0.0925. The Morgan fingerprint density at radius 1 is 1.67 bits per heavy atom. The highest BCUT2D eigenvalue weighted by Crippen LogP contribution is 2.26. The normalized spacial score (nSPS) is 17.6. The minimum atomic E-state index is 0.204. The van der Waals surface area contributed by atoms with Crippen LogP contribution >= 0.6 is 0 Å². The molecule has 0 aliphatic carbocycles. The average Bonchev–Trinajstić information content (AvgIpc) is 2.24. The molecule has 1 aromatic heterocycles. The Kier molecular flexibility index (Phi) is 2.57. The van der Waals surface area contributed by atoms with Crippen LogP contribution in [0.1, 0.15) is 12.6 Å². The first kappa shape index (κ1) is 9.94. The first-order valence-electron chi connectivity index (χ1n) is 4.83. The molecular weight excluding hydrogens is 190 g/mol. The SMILES string of the molecule is C#Cc1ccnc(NCC2(C)COC2)n1. The second kappa shape index (κ2) is 3.87. The van der Waals surface area contributed by atoms with Gasteiger partial charge in [0.1, 0.15) is 5.69 Å². The molecule has 1 aromatic rings. The maximum Gasteiger partial charge on any atom is 0.223 e. The molecule has 0 unspecified atom stereocenters. The molecule has 1 N–H and O–H groups in total.